The number of hydrogen-bond acceptors (Lipinski definition) is 3. The van der Waals surface area contributed by atoms with Crippen LogP contribution in [0.3, 0.4) is 0 Å². The third kappa shape index (κ3) is 5.81. The van der Waals surface area contributed by atoms with E-state index in [2.05, 4.69) is 10.6 Å². The molecule has 1 amide bonds. The Kier molecular flexibility index (Phi) is 8.11. The van der Waals surface area contributed by atoms with Crippen LogP contribution in [0.15, 0.2) is 0 Å². The summed E-state index contributed by atoms with van der Waals surface area (Å²) >= 11 is 2.01. The van der Waals surface area contributed by atoms with Crippen molar-refractivity contribution in [2.45, 2.75) is 43.8 Å². The molecule has 0 aromatic heterocycles. The van der Waals surface area contributed by atoms with Crippen molar-refractivity contribution in [3.8, 4) is 0 Å². The molecule has 5 heteroatoms. The van der Waals surface area contributed by atoms with Gasteiger partial charge in [0.15, 0.2) is 0 Å². The highest BCUT2D eigenvalue weighted by Gasteiger charge is 2.17. The van der Waals surface area contributed by atoms with Crippen molar-refractivity contribution < 1.29 is 4.79 Å². The molecular formula is C13H25ClN2OS. The Bertz CT molecular complexity index is 241. The summed E-state index contributed by atoms with van der Waals surface area (Å²) in [7, 11) is 0. The lowest BCUT2D eigenvalue weighted by Crippen LogP contribution is -2.31. The van der Waals surface area contributed by atoms with Gasteiger partial charge in [0, 0.05) is 18.2 Å². The van der Waals surface area contributed by atoms with Gasteiger partial charge in [-0.15, -0.1) is 12.4 Å². The number of piperidine rings is 1. The molecule has 2 N–H and O–H groups in total. The zero-order valence-electron chi connectivity index (χ0n) is 11.0. The molecule has 106 valence electrons. The highest BCUT2D eigenvalue weighted by Crippen LogP contribution is 2.25. The van der Waals surface area contributed by atoms with E-state index in [9.17, 15) is 4.79 Å². The van der Waals surface area contributed by atoms with Crippen molar-refractivity contribution >= 4 is 30.1 Å². The smallest absolute Gasteiger partial charge is 0.220 e. The van der Waals surface area contributed by atoms with E-state index in [1.807, 2.05) is 11.8 Å². The highest BCUT2D eigenvalue weighted by atomic mass is 35.5. The van der Waals surface area contributed by atoms with Crippen LogP contribution in [0, 0.1) is 5.92 Å². The number of nitrogens with one attached hydrogen (secondary N) is 2. The first-order valence-electron chi connectivity index (χ1n) is 6.93. The summed E-state index contributed by atoms with van der Waals surface area (Å²) in [5, 5.41) is 7.13. The van der Waals surface area contributed by atoms with Crippen LogP contribution in [0.2, 0.25) is 0 Å². The molecule has 1 unspecified atom stereocenters. The summed E-state index contributed by atoms with van der Waals surface area (Å²) in [5.41, 5.74) is 0. The summed E-state index contributed by atoms with van der Waals surface area (Å²) in [6.45, 7) is 3.14. The second-order valence-corrected chi connectivity index (χ2v) is 6.58. The topological polar surface area (TPSA) is 41.1 Å². The Morgan fingerprint density at radius 3 is 2.72 bits per heavy atom. The Labute approximate surface area is 121 Å². The SMILES string of the molecule is Cl.O=C(CCC1CCNCC1)NCC1CCCS1. The molecule has 2 aliphatic rings. The highest BCUT2D eigenvalue weighted by molar-refractivity contribution is 8.00. The van der Waals surface area contributed by atoms with Crippen molar-refractivity contribution in [3.05, 3.63) is 0 Å². The van der Waals surface area contributed by atoms with Crippen LogP contribution >= 0.6 is 24.2 Å². The molecule has 18 heavy (non-hydrogen) atoms. The molecule has 2 saturated heterocycles. The second-order valence-electron chi connectivity index (χ2n) is 5.17. The van der Waals surface area contributed by atoms with Gasteiger partial charge in [0.2, 0.25) is 5.91 Å². The standard InChI is InChI=1S/C13H24N2OS.ClH/c16-13(15-10-12-2-1-9-17-12)4-3-11-5-7-14-8-6-11;/h11-12,14H,1-10H2,(H,15,16);1H. The maximum atomic E-state index is 11.7. The van der Waals surface area contributed by atoms with Crippen LogP contribution in [0.25, 0.3) is 0 Å². The predicted octanol–water partition coefficient (Wildman–Crippen LogP) is 2.20. The van der Waals surface area contributed by atoms with Crippen molar-refractivity contribution in [1.29, 1.82) is 0 Å². The summed E-state index contributed by atoms with van der Waals surface area (Å²) in [6.07, 6.45) is 6.88. The lowest BCUT2D eigenvalue weighted by Gasteiger charge is -2.22. The van der Waals surface area contributed by atoms with E-state index in [0.717, 1.165) is 38.4 Å². The molecule has 3 nitrogen and oxygen atoms in total. The van der Waals surface area contributed by atoms with Crippen LogP contribution in [-0.4, -0.2) is 36.5 Å². The first kappa shape index (κ1) is 16.1. The molecule has 0 aromatic carbocycles. The quantitative estimate of drug-likeness (QED) is 0.816. The zero-order chi connectivity index (χ0) is 11.9. The van der Waals surface area contributed by atoms with E-state index < -0.39 is 0 Å². The van der Waals surface area contributed by atoms with Gasteiger partial charge >= 0.3 is 0 Å². The van der Waals surface area contributed by atoms with E-state index in [1.54, 1.807) is 0 Å². The lowest BCUT2D eigenvalue weighted by atomic mass is 9.93. The van der Waals surface area contributed by atoms with Crippen LogP contribution in [0.4, 0.5) is 0 Å². The first-order chi connectivity index (χ1) is 8.34. The van der Waals surface area contributed by atoms with Gasteiger partial charge < -0.3 is 10.6 Å². The third-order valence-corrected chi connectivity index (χ3v) is 5.19. The number of carbonyl (C=O) groups excluding carboxylic acids is 1. The number of rotatable bonds is 5. The zero-order valence-corrected chi connectivity index (χ0v) is 12.6. The average Bonchev–Trinajstić information content (AvgIpc) is 2.88. The van der Waals surface area contributed by atoms with E-state index in [-0.39, 0.29) is 18.3 Å². The molecule has 0 saturated carbocycles. The van der Waals surface area contributed by atoms with Gasteiger partial charge in [-0.3, -0.25) is 4.79 Å². The third-order valence-electron chi connectivity index (χ3n) is 3.79. The monoisotopic (exact) mass is 292 g/mol. The Hall–Kier alpha value is 0.0700. The fourth-order valence-electron chi connectivity index (χ4n) is 2.63. The minimum atomic E-state index is 0. The fourth-order valence-corrected chi connectivity index (χ4v) is 3.83. The van der Waals surface area contributed by atoms with Crippen molar-refractivity contribution in [3.63, 3.8) is 0 Å². The molecule has 2 rings (SSSR count). The molecule has 0 aromatic rings. The van der Waals surface area contributed by atoms with Gasteiger partial charge in [-0.05, 0) is 56.9 Å². The van der Waals surface area contributed by atoms with Crippen LogP contribution in [0.5, 0.6) is 0 Å². The summed E-state index contributed by atoms with van der Waals surface area (Å²) in [6, 6.07) is 0. The van der Waals surface area contributed by atoms with Crippen LogP contribution < -0.4 is 10.6 Å². The van der Waals surface area contributed by atoms with Crippen molar-refractivity contribution in [2.24, 2.45) is 5.92 Å². The lowest BCUT2D eigenvalue weighted by molar-refractivity contribution is -0.121. The molecule has 2 fully saturated rings. The molecule has 2 heterocycles. The summed E-state index contributed by atoms with van der Waals surface area (Å²) in [5.74, 6) is 2.30. The number of carbonyl (C=O) groups is 1. The molecule has 0 bridgehead atoms. The first-order valence-corrected chi connectivity index (χ1v) is 7.98. The van der Waals surface area contributed by atoms with Gasteiger partial charge in [0.1, 0.15) is 0 Å². The number of thioether (sulfide) groups is 1. The predicted molar refractivity (Wildman–Crippen MR) is 80.6 cm³/mol. The maximum absolute atomic E-state index is 11.7. The van der Waals surface area contributed by atoms with Crippen molar-refractivity contribution in [2.75, 3.05) is 25.4 Å². The van der Waals surface area contributed by atoms with Gasteiger partial charge in [0.05, 0.1) is 0 Å². The minimum Gasteiger partial charge on any atom is -0.355 e. The van der Waals surface area contributed by atoms with E-state index in [4.69, 9.17) is 0 Å². The van der Waals surface area contributed by atoms with Gasteiger partial charge in [-0.2, -0.15) is 11.8 Å². The molecule has 0 radical (unpaired) electrons. The molecule has 2 aliphatic heterocycles. The molecular weight excluding hydrogens is 268 g/mol. The van der Waals surface area contributed by atoms with Crippen molar-refractivity contribution in [1.82, 2.24) is 10.6 Å². The number of halogens is 1. The van der Waals surface area contributed by atoms with E-state index in [1.165, 1.54) is 31.4 Å². The normalized spacial score (nSPS) is 24.6. The Morgan fingerprint density at radius 1 is 1.28 bits per heavy atom. The minimum absolute atomic E-state index is 0. The molecule has 0 aliphatic carbocycles. The van der Waals surface area contributed by atoms with Gasteiger partial charge in [-0.1, -0.05) is 0 Å². The van der Waals surface area contributed by atoms with Crippen LogP contribution in [-0.2, 0) is 4.79 Å². The Morgan fingerprint density at radius 2 is 2.06 bits per heavy atom. The fraction of sp³-hybridized carbons (Fsp3) is 0.923. The second kappa shape index (κ2) is 9.05. The van der Waals surface area contributed by atoms with Crippen LogP contribution in [0.1, 0.15) is 38.5 Å². The summed E-state index contributed by atoms with van der Waals surface area (Å²) in [4.78, 5) is 11.7. The Balaban J connectivity index is 0.00000162. The summed E-state index contributed by atoms with van der Waals surface area (Å²) < 4.78 is 0. The number of amides is 1. The number of hydrogen-bond donors (Lipinski definition) is 2. The average molecular weight is 293 g/mol. The maximum Gasteiger partial charge on any atom is 0.220 e. The molecule has 0 spiro atoms. The largest absolute Gasteiger partial charge is 0.355 e. The van der Waals surface area contributed by atoms with E-state index in [0.29, 0.717) is 5.25 Å². The van der Waals surface area contributed by atoms with Gasteiger partial charge in [-0.25, -0.2) is 0 Å². The molecule has 1 atom stereocenters. The van der Waals surface area contributed by atoms with Gasteiger partial charge in [0.25, 0.3) is 0 Å². The van der Waals surface area contributed by atoms with E-state index >= 15 is 0 Å².